The largest absolute Gasteiger partial charge is 0.497 e. The minimum absolute atomic E-state index is 0.0497. The van der Waals surface area contributed by atoms with Crippen LogP contribution in [0.4, 0.5) is 13.2 Å². The van der Waals surface area contributed by atoms with Crippen LogP contribution in [-0.4, -0.2) is 44.6 Å². The number of methoxy groups -OCH3 is 1. The second kappa shape index (κ2) is 9.27. The van der Waals surface area contributed by atoms with Gasteiger partial charge in [-0.2, -0.15) is 17.5 Å². The first-order chi connectivity index (χ1) is 14.6. The minimum Gasteiger partial charge on any atom is -0.497 e. The molecule has 0 aliphatic carbocycles. The molecule has 1 aliphatic rings. The number of carbonyl (C=O) groups excluding carboxylic acids is 1. The van der Waals surface area contributed by atoms with Crippen molar-refractivity contribution in [2.45, 2.75) is 25.6 Å². The van der Waals surface area contributed by atoms with Gasteiger partial charge in [0.25, 0.3) is 5.91 Å². The highest BCUT2D eigenvalue weighted by atomic mass is 32.2. The number of ether oxygens (including phenoxy) is 1. The monoisotopic (exact) mass is 456 g/mol. The molecule has 3 rings (SSSR count). The third-order valence-electron chi connectivity index (χ3n) is 5.13. The average molecular weight is 456 g/mol. The van der Waals surface area contributed by atoms with Crippen LogP contribution in [0.5, 0.6) is 5.75 Å². The molecule has 10 heteroatoms. The van der Waals surface area contributed by atoms with Crippen LogP contribution in [0.3, 0.4) is 0 Å². The molecule has 0 spiro atoms. The Morgan fingerprint density at radius 2 is 1.90 bits per heavy atom. The van der Waals surface area contributed by atoms with Crippen molar-refractivity contribution in [3.05, 3.63) is 64.7 Å². The van der Waals surface area contributed by atoms with E-state index in [0.29, 0.717) is 13.0 Å². The van der Waals surface area contributed by atoms with Crippen molar-refractivity contribution < 1.29 is 31.1 Å². The summed E-state index contributed by atoms with van der Waals surface area (Å²) in [6.07, 6.45) is -3.99. The van der Waals surface area contributed by atoms with Crippen molar-refractivity contribution in [3.8, 4) is 5.75 Å². The molecule has 2 aromatic carbocycles. The summed E-state index contributed by atoms with van der Waals surface area (Å²) in [5.41, 5.74) is 0.443. The zero-order chi connectivity index (χ0) is 22.6. The average Bonchev–Trinajstić information content (AvgIpc) is 2.75. The molecule has 1 N–H and O–H groups in total. The number of rotatable bonds is 7. The van der Waals surface area contributed by atoms with Gasteiger partial charge in [0.1, 0.15) is 5.75 Å². The number of nitrogens with one attached hydrogen (secondary N) is 1. The first-order valence-corrected chi connectivity index (χ1v) is 11.3. The Balaban J connectivity index is 1.54. The van der Waals surface area contributed by atoms with Crippen molar-refractivity contribution in [3.63, 3.8) is 0 Å². The van der Waals surface area contributed by atoms with Gasteiger partial charge in [-0.1, -0.05) is 18.2 Å². The fourth-order valence-corrected chi connectivity index (χ4v) is 4.95. The van der Waals surface area contributed by atoms with E-state index in [1.807, 2.05) is 12.1 Å². The van der Waals surface area contributed by atoms with Crippen LogP contribution in [0.2, 0.25) is 0 Å². The van der Waals surface area contributed by atoms with E-state index in [9.17, 15) is 26.4 Å². The number of amides is 1. The maximum absolute atomic E-state index is 13.0. The van der Waals surface area contributed by atoms with Crippen LogP contribution in [0.25, 0.3) is 0 Å². The summed E-state index contributed by atoms with van der Waals surface area (Å²) in [6, 6.07) is 10.0. The highest BCUT2D eigenvalue weighted by Gasteiger charge is 2.34. The summed E-state index contributed by atoms with van der Waals surface area (Å²) in [5, 5.41) is 2.38. The van der Waals surface area contributed by atoms with E-state index in [-0.39, 0.29) is 25.3 Å². The third-order valence-corrected chi connectivity index (χ3v) is 7.03. The molecule has 1 aliphatic heterocycles. The Labute approximate surface area is 179 Å². The SMILES string of the molecule is COc1ccc2c(c1)CCN(S(=O)(=O)CCCNC(=O)c1ccccc1C(F)(F)F)C2. The van der Waals surface area contributed by atoms with Crippen LogP contribution >= 0.6 is 0 Å². The summed E-state index contributed by atoms with van der Waals surface area (Å²) < 4.78 is 71.0. The van der Waals surface area contributed by atoms with Gasteiger partial charge in [0, 0.05) is 19.6 Å². The lowest BCUT2D eigenvalue weighted by molar-refractivity contribution is -0.137. The van der Waals surface area contributed by atoms with E-state index in [4.69, 9.17) is 4.74 Å². The Bertz CT molecular complexity index is 1050. The molecule has 1 heterocycles. The third kappa shape index (κ3) is 5.56. The maximum Gasteiger partial charge on any atom is 0.417 e. The number of carbonyl (C=O) groups is 1. The predicted octanol–water partition coefficient (Wildman–Crippen LogP) is 3.22. The van der Waals surface area contributed by atoms with Crippen LogP contribution < -0.4 is 10.1 Å². The molecule has 0 saturated carbocycles. The number of benzene rings is 2. The lowest BCUT2D eigenvalue weighted by Gasteiger charge is -2.28. The van der Waals surface area contributed by atoms with Gasteiger partial charge in [-0.15, -0.1) is 0 Å². The van der Waals surface area contributed by atoms with E-state index < -0.39 is 33.2 Å². The molecule has 0 atom stereocenters. The molecule has 0 radical (unpaired) electrons. The summed E-state index contributed by atoms with van der Waals surface area (Å²) in [7, 11) is -1.99. The smallest absolute Gasteiger partial charge is 0.417 e. The highest BCUT2D eigenvalue weighted by Crippen LogP contribution is 2.31. The summed E-state index contributed by atoms with van der Waals surface area (Å²) in [4.78, 5) is 12.1. The number of hydrogen-bond acceptors (Lipinski definition) is 4. The van der Waals surface area contributed by atoms with E-state index in [1.54, 1.807) is 13.2 Å². The number of alkyl halides is 3. The van der Waals surface area contributed by atoms with Gasteiger partial charge in [-0.3, -0.25) is 4.79 Å². The summed E-state index contributed by atoms with van der Waals surface area (Å²) in [6.45, 7) is 0.548. The van der Waals surface area contributed by atoms with E-state index in [2.05, 4.69) is 5.32 Å². The Kier molecular flexibility index (Phi) is 6.90. The fourth-order valence-electron chi connectivity index (χ4n) is 3.48. The molecular weight excluding hydrogens is 433 g/mol. The van der Waals surface area contributed by atoms with Gasteiger partial charge in [0.15, 0.2) is 0 Å². The van der Waals surface area contributed by atoms with Crippen molar-refractivity contribution >= 4 is 15.9 Å². The van der Waals surface area contributed by atoms with Gasteiger partial charge >= 0.3 is 6.18 Å². The second-order valence-electron chi connectivity index (χ2n) is 7.19. The normalized spacial score (nSPS) is 14.7. The predicted molar refractivity (Wildman–Crippen MR) is 109 cm³/mol. The molecule has 168 valence electrons. The molecule has 0 unspecified atom stereocenters. The lowest BCUT2D eigenvalue weighted by atomic mass is 10.0. The van der Waals surface area contributed by atoms with Crippen LogP contribution in [-0.2, 0) is 29.2 Å². The van der Waals surface area contributed by atoms with Crippen LogP contribution in [0.15, 0.2) is 42.5 Å². The molecule has 31 heavy (non-hydrogen) atoms. The van der Waals surface area contributed by atoms with E-state index in [1.165, 1.54) is 16.4 Å². The number of nitrogens with zero attached hydrogens (tertiary/aromatic N) is 1. The number of hydrogen-bond donors (Lipinski definition) is 1. The van der Waals surface area contributed by atoms with Gasteiger partial charge in [0.2, 0.25) is 10.0 Å². The second-order valence-corrected chi connectivity index (χ2v) is 9.28. The quantitative estimate of drug-likeness (QED) is 0.650. The molecule has 1 amide bonds. The van der Waals surface area contributed by atoms with Crippen molar-refractivity contribution in [1.29, 1.82) is 0 Å². The summed E-state index contributed by atoms with van der Waals surface area (Å²) >= 11 is 0. The molecule has 0 saturated heterocycles. The van der Waals surface area contributed by atoms with E-state index in [0.717, 1.165) is 29.0 Å². The molecule has 0 bridgehead atoms. The summed E-state index contributed by atoms with van der Waals surface area (Å²) in [5.74, 6) is -0.372. The van der Waals surface area contributed by atoms with Crippen molar-refractivity contribution in [1.82, 2.24) is 9.62 Å². The van der Waals surface area contributed by atoms with Gasteiger partial charge in [0.05, 0.1) is 24.0 Å². The van der Waals surface area contributed by atoms with E-state index >= 15 is 0 Å². The van der Waals surface area contributed by atoms with Crippen molar-refractivity contribution in [2.75, 3.05) is 26.0 Å². The molecular formula is C21H23F3N2O4S. The minimum atomic E-state index is -4.65. The van der Waals surface area contributed by atoms with Gasteiger partial charge in [-0.25, -0.2) is 8.42 Å². The van der Waals surface area contributed by atoms with Gasteiger partial charge < -0.3 is 10.1 Å². The zero-order valence-corrected chi connectivity index (χ0v) is 17.7. The Hall–Kier alpha value is -2.59. The molecule has 0 fully saturated rings. The maximum atomic E-state index is 13.0. The topological polar surface area (TPSA) is 75.7 Å². The fraction of sp³-hybridized carbons (Fsp3) is 0.381. The highest BCUT2D eigenvalue weighted by molar-refractivity contribution is 7.89. The molecule has 0 aromatic heterocycles. The standard InChI is InChI=1S/C21H23F3N2O4S/c1-30-17-8-7-16-14-26(11-9-15(16)13-17)31(28,29)12-4-10-25-20(27)18-5-2-3-6-19(18)21(22,23)24/h2-3,5-8,13H,4,9-12,14H2,1H3,(H,25,27). The van der Waals surface area contributed by atoms with Crippen molar-refractivity contribution in [2.24, 2.45) is 0 Å². The number of halogens is 3. The first-order valence-electron chi connectivity index (χ1n) is 9.70. The lowest BCUT2D eigenvalue weighted by Crippen LogP contribution is -2.38. The Morgan fingerprint density at radius 3 is 2.61 bits per heavy atom. The van der Waals surface area contributed by atoms with Crippen LogP contribution in [0.1, 0.15) is 33.5 Å². The molecule has 6 nitrogen and oxygen atoms in total. The number of fused-ring (bicyclic) bond motifs is 1. The van der Waals surface area contributed by atoms with Crippen LogP contribution in [0, 0.1) is 0 Å². The first kappa shape index (κ1) is 23.1. The van der Waals surface area contributed by atoms with Gasteiger partial charge in [-0.05, 0) is 48.2 Å². The Morgan fingerprint density at radius 1 is 1.16 bits per heavy atom. The zero-order valence-electron chi connectivity index (χ0n) is 16.9. The number of sulfonamides is 1. The molecule has 2 aromatic rings.